The van der Waals surface area contributed by atoms with Crippen molar-refractivity contribution in [2.75, 3.05) is 33.1 Å². The van der Waals surface area contributed by atoms with Crippen LogP contribution in [0.1, 0.15) is 12.5 Å². The van der Waals surface area contributed by atoms with Gasteiger partial charge in [0.1, 0.15) is 25.6 Å². The summed E-state index contributed by atoms with van der Waals surface area (Å²) in [5.41, 5.74) is 5.71. The number of allylic oxidation sites excluding steroid dienone is 8. The molecule has 0 fully saturated rings. The van der Waals surface area contributed by atoms with Gasteiger partial charge in [0.2, 0.25) is 0 Å². The molecule has 0 amide bonds. The number of rotatable bonds is 2. The first-order valence-electron chi connectivity index (χ1n) is 9.06. The highest BCUT2D eigenvalue weighted by Gasteiger charge is 2.15. The molecule has 8 heteroatoms. The predicted octanol–water partition coefficient (Wildman–Crippen LogP) is -0.593. The molecule has 1 heterocycles. The molecule has 0 aromatic heterocycles. The van der Waals surface area contributed by atoms with Gasteiger partial charge in [0.15, 0.2) is 5.71 Å². The zero-order chi connectivity index (χ0) is 22.5. The highest BCUT2D eigenvalue weighted by Crippen LogP contribution is 2.30. The molecule has 0 spiro atoms. The van der Waals surface area contributed by atoms with Crippen LogP contribution < -0.4 is 23.5 Å². The van der Waals surface area contributed by atoms with E-state index in [1.54, 1.807) is 0 Å². The lowest BCUT2D eigenvalue weighted by Gasteiger charge is -2.19. The molecule has 1 aliphatic heterocycles. The summed E-state index contributed by atoms with van der Waals surface area (Å²) in [5.74, 6) is 1.77. The molecule has 0 saturated heterocycles. The van der Waals surface area contributed by atoms with Crippen molar-refractivity contribution >= 4 is 17.2 Å². The monoisotopic (exact) mass is 432 g/mol. The zero-order valence-corrected chi connectivity index (χ0v) is 18.3. The smallest absolute Gasteiger partial charge is 0.199 e. The van der Waals surface area contributed by atoms with E-state index in [2.05, 4.69) is 77.1 Å². The van der Waals surface area contributed by atoms with Crippen LogP contribution in [0.4, 0.5) is 5.69 Å². The standard InChI is InChI=1S/C22H25N2O.ClHO4/c1-16-14-21(17-6-10-19(11-7-17)23(2)3)25-22(15-16)18-8-12-20(13-9-18)24(4)5;2-1(3,4)5/h6-15H,1-5H3;(H,2,3,4,5)/q+1;/p-1. The minimum atomic E-state index is -4.94. The summed E-state index contributed by atoms with van der Waals surface area (Å²) in [6, 6.07) is 8.43. The fourth-order valence-electron chi connectivity index (χ4n) is 2.76. The van der Waals surface area contributed by atoms with Crippen LogP contribution in [0.3, 0.4) is 0 Å². The van der Waals surface area contributed by atoms with E-state index in [9.17, 15) is 0 Å². The van der Waals surface area contributed by atoms with Gasteiger partial charge in [-0.1, -0.05) is 0 Å². The number of hydrogen-bond donors (Lipinski definition) is 0. The van der Waals surface area contributed by atoms with E-state index in [1.807, 2.05) is 28.2 Å². The van der Waals surface area contributed by atoms with Crippen molar-refractivity contribution in [3.05, 3.63) is 83.2 Å². The van der Waals surface area contributed by atoms with Gasteiger partial charge in [-0.3, -0.25) is 0 Å². The number of ether oxygens (including phenoxy) is 1. The number of halogens is 1. The average molecular weight is 433 g/mol. The van der Waals surface area contributed by atoms with Crippen molar-refractivity contribution in [3.8, 4) is 0 Å². The third kappa shape index (κ3) is 7.29. The molecule has 30 heavy (non-hydrogen) atoms. The Kier molecular flexibility index (Phi) is 7.77. The highest BCUT2D eigenvalue weighted by atomic mass is 35.7. The van der Waals surface area contributed by atoms with Crippen molar-refractivity contribution in [2.24, 2.45) is 0 Å². The second-order valence-corrected chi connectivity index (χ2v) is 7.88. The topological polar surface area (TPSA) is 108 Å². The zero-order valence-electron chi connectivity index (χ0n) is 17.6. The number of benzene rings is 1. The van der Waals surface area contributed by atoms with E-state index in [4.69, 9.17) is 23.4 Å². The van der Waals surface area contributed by atoms with Gasteiger partial charge >= 0.3 is 0 Å². The van der Waals surface area contributed by atoms with E-state index in [0.29, 0.717) is 0 Å². The van der Waals surface area contributed by atoms with E-state index < -0.39 is 10.2 Å². The van der Waals surface area contributed by atoms with Crippen LogP contribution in [0.2, 0.25) is 0 Å². The molecular weight excluding hydrogens is 408 g/mol. The third-order valence-electron chi connectivity index (χ3n) is 4.27. The molecule has 7 nitrogen and oxygen atoms in total. The Balaban J connectivity index is 0.000000575. The van der Waals surface area contributed by atoms with E-state index in [1.165, 1.54) is 17.0 Å². The molecule has 1 aromatic carbocycles. The fraction of sp³-hybridized carbons (Fsp3) is 0.227. The highest BCUT2D eigenvalue weighted by molar-refractivity contribution is 6.02. The van der Waals surface area contributed by atoms with Crippen molar-refractivity contribution in [1.82, 2.24) is 0 Å². The van der Waals surface area contributed by atoms with Crippen LogP contribution in [-0.2, 0) is 4.74 Å². The second-order valence-electron chi connectivity index (χ2n) is 7.12. The van der Waals surface area contributed by atoms with Gasteiger partial charge in [0.05, 0.1) is 0 Å². The van der Waals surface area contributed by atoms with Crippen LogP contribution in [0.5, 0.6) is 0 Å². The predicted molar refractivity (Wildman–Crippen MR) is 106 cm³/mol. The quantitative estimate of drug-likeness (QED) is 0.578. The Morgan fingerprint density at radius 1 is 0.867 bits per heavy atom. The first-order valence-corrected chi connectivity index (χ1v) is 10.3. The molecule has 0 radical (unpaired) electrons. The van der Waals surface area contributed by atoms with Gasteiger partial charge in [-0.25, -0.2) is 23.2 Å². The third-order valence-corrected chi connectivity index (χ3v) is 4.27. The van der Waals surface area contributed by atoms with Crippen molar-refractivity contribution in [2.45, 2.75) is 6.92 Å². The minimum absolute atomic E-state index is 0.886. The van der Waals surface area contributed by atoms with Crippen LogP contribution in [0, 0.1) is 10.2 Å². The Bertz CT molecular complexity index is 934. The average Bonchev–Trinajstić information content (AvgIpc) is 2.66. The van der Waals surface area contributed by atoms with Crippen molar-refractivity contribution < 1.29 is 38.2 Å². The van der Waals surface area contributed by atoms with E-state index in [0.717, 1.165) is 22.7 Å². The number of hydrogen-bond acceptors (Lipinski definition) is 6. The van der Waals surface area contributed by atoms with Gasteiger partial charge in [-0.15, -0.1) is 10.2 Å². The maximum atomic E-state index is 8.49. The number of nitrogens with zero attached hydrogens (tertiary/aromatic N) is 2. The summed E-state index contributed by atoms with van der Waals surface area (Å²) in [6.45, 7) is 2.10. The lowest BCUT2D eigenvalue weighted by atomic mass is 10.0. The largest absolute Gasteiger partial charge is 0.456 e. The Morgan fingerprint density at radius 3 is 1.87 bits per heavy atom. The Hall–Kier alpha value is -2.68. The molecule has 3 rings (SSSR count). The normalized spacial score (nSPS) is 15.7. The van der Waals surface area contributed by atoms with Crippen molar-refractivity contribution in [3.63, 3.8) is 0 Å². The van der Waals surface area contributed by atoms with Gasteiger partial charge in [-0.05, 0) is 61.1 Å². The summed E-state index contributed by atoms with van der Waals surface area (Å²) >= 11 is 0. The molecule has 2 aliphatic rings. The van der Waals surface area contributed by atoms with Gasteiger partial charge in [-0.2, -0.15) is 0 Å². The summed E-state index contributed by atoms with van der Waals surface area (Å²) in [6.07, 6.45) is 12.6. The molecule has 0 saturated carbocycles. The lowest BCUT2D eigenvalue weighted by Crippen LogP contribution is -2.68. The van der Waals surface area contributed by atoms with E-state index in [-0.39, 0.29) is 0 Å². The number of anilines is 1. The van der Waals surface area contributed by atoms with Crippen LogP contribution in [0.25, 0.3) is 5.76 Å². The fourth-order valence-corrected chi connectivity index (χ4v) is 2.76. The molecule has 0 bridgehead atoms. The van der Waals surface area contributed by atoms with E-state index >= 15 is 0 Å². The molecule has 160 valence electrons. The second kappa shape index (κ2) is 9.88. The molecule has 0 unspecified atom stereocenters. The maximum Gasteiger partial charge on any atom is 0.199 e. The summed E-state index contributed by atoms with van der Waals surface area (Å²) in [7, 11) is 3.23. The summed E-state index contributed by atoms with van der Waals surface area (Å²) in [4.78, 5) is 2.09. The van der Waals surface area contributed by atoms with Gasteiger partial charge in [0, 0.05) is 43.1 Å². The first-order chi connectivity index (χ1) is 13.9. The Labute approximate surface area is 178 Å². The molecule has 1 aromatic rings. The van der Waals surface area contributed by atoms with Crippen LogP contribution in [0.15, 0.2) is 77.6 Å². The van der Waals surface area contributed by atoms with Crippen molar-refractivity contribution in [1.29, 1.82) is 0 Å². The van der Waals surface area contributed by atoms with Gasteiger partial charge in [0.25, 0.3) is 0 Å². The van der Waals surface area contributed by atoms with Gasteiger partial charge < -0.3 is 9.64 Å². The molecule has 0 atom stereocenters. The maximum absolute atomic E-state index is 8.49. The first kappa shape index (κ1) is 23.6. The Morgan fingerprint density at radius 2 is 1.40 bits per heavy atom. The summed E-state index contributed by atoms with van der Waals surface area (Å²) in [5, 5.41) is 0. The van der Waals surface area contributed by atoms with Crippen LogP contribution >= 0.6 is 0 Å². The molecule has 1 aliphatic carbocycles. The summed E-state index contributed by atoms with van der Waals surface area (Å²) < 4.78 is 42.3. The molecular formula is C22H25ClN2O5. The minimum Gasteiger partial charge on any atom is -0.456 e. The lowest BCUT2D eigenvalue weighted by molar-refractivity contribution is -2.00. The SMILES string of the molecule is CC1=CC(=C2C=CC(=[N+](C)C)C=C2)OC(c2ccc(N(C)C)cc2)=C1.[O-][Cl+3]([O-])([O-])[O-]. The van der Waals surface area contributed by atoms with Crippen LogP contribution in [-0.4, -0.2) is 38.5 Å². The molecule has 0 N–H and O–H groups in total.